The maximum absolute atomic E-state index is 17.7. The monoisotopic (exact) mass is 1770 g/mol. The number of anilines is 6. The molecule has 0 atom stereocenters. The van der Waals surface area contributed by atoms with E-state index in [2.05, 4.69) is 18.7 Å². The minimum Gasteiger partial charge on any atom is -0.495 e. The largest absolute Gasteiger partial charge is 0.727 e. The zero-order valence-corrected chi connectivity index (χ0v) is 71.2. The van der Waals surface area contributed by atoms with Gasteiger partial charge in [0, 0.05) is 121 Å². The van der Waals surface area contributed by atoms with Crippen LogP contribution < -0.4 is 59.0 Å². The van der Waals surface area contributed by atoms with Crippen molar-refractivity contribution in [1.29, 1.82) is 10.5 Å². The Morgan fingerprint density at radius 1 is 0.496 bits per heavy atom. The number of carbonyl (C=O) groups is 2. The van der Waals surface area contributed by atoms with Gasteiger partial charge in [0.1, 0.15) is 52.2 Å². The summed E-state index contributed by atoms with van der Waals surface area (Å²) in [6.07, 6.45) is 7.33. The second-order valence-electron chi connectivity index (χ2n) is 32.2. The van der Waals surface area contributed by atoms with Gasteiger partial charge in [-0.25, -0.2) is 18.9 Å². The first-order valence-corrected chi connectivity index (χ1v) is 42.5. The number of allylic oxidation sites excluding steroid dienone is 3. The van der Waals surface area contributed by atoms with Crippen molar-refractivity contribution < 1.29 is 60.8 Å². The minimum absolute atomic E-state index is 0.0247. The Bertz CT molecular complexity index is 8670. The highest BCUT2D eigenvalue weighted by Gasteiger charge is 2.41. The van der Waals surface area contributed by atoms with Crippen LogP contribution in [0.5, 0.6) is 28.7 Å². The molecule has 0 saturated heterocycles. The molecule has 0 saturated carbocycles. The van der Waals surface area contributed by atoms with Crippen LogP contribution >= 0.6 is 0 Å². The molecule has 0 amide bonds. The molecule has 0 fully saturated rings. The summed E-state index contributed by atoms with van der Waals surface area (Å²) in [5.74, 6) is 1.94. The van der Waals surface area contributed by atoms with Crippen molar-refractivity contribution in [2.45, 2.75) is 0 Å². The first-order chi connectivity index (χ1) is 65.9. The minimum atomic E-state index is -1.76. The van der Waals surface area contributed by atoms with E-state index in [1.54, 1.807) is 128 Å². The number of methoxy groups -OCH3 is 2. The molecule has 0 aliphatic carbocycles. The van der Waals surface area contributed by atoms with Crippen LogP contribution in [0.25, 0.3) is 116 Å². The van der Waals surface area contributed by atoms with Crippen LogP contribution in [0.2, 0.25) is 0 Å². The van der Waals surface area contributed by atoms with E-state index >= 15 is 4.32 Å². The summed E-state index contributed by atoms with van der Waals surface area (Å²) >= 11 is 0. The van der Waals surface area contributed by atoms with E-state index in [1.165, 1.54) is 59.6 Å². The van der Waals surface area contributed by atoms with Gasteiger partial charge >= 0.3 is 44.0 Å². The summed E-state index contributed by atoms with van der Waals surface area (Å²) in [5, 5.41) is 50.9. The quantitative estimate of drug-likeness (QED) is 0.0100. The van der Waals surface area contributed by atoms with Gasteiger partial charge in [0.25, 0.3) is 11.4 Å². The third kappa shape index (κ3) is 14.4. The Labute approximate surface area is 766 Å². The standard InChI is InChI=1S/C107H64B2FN12O13/c1-62-10-11-69-24-43-81(56-95(69)132-62)133-107(125)86-46-50-94-103-84(86)7-5-9-88(103)105-114-100-52-29-74(61-116(100)109(110)120(94)105)68-18-37-78(38-19-68)118(76-33-14-64(15-34-76)66-22-41-80(42-23-66)122(128)129)92-48-27-72(55-98(92)131-3)90(59-112)89(58-111)71-26-47-91(97(54-71)130-2)117(75-31-12-63(13-32-75)65-20-39-79(40-21-65)121(126)127)77-35-16-67(17-36-77)73-28-51-99-113-104-87-8-4-6-83-85(45-49-93(102(83)87)119(104)108-115(99)60-73)106(124)134-82-44-25-70-30-53-101(123)135-96(70)57-82/h4-57,60-61H,1H2,2-3H3/q+2/b90-89+. The van der Waals surface area contributed by atoms with Crippen molar-refractivity contribution in [2.75, 3.05) is 24.0 Å². The number of hydrogen-bond donors (Lipinski definition) is 0. The Morgan fingerprint density at radius 2 is 0.948 bits per heavy atom. The lowest BCUT2D eigenvalue weighted by Gasteiger charge is -2.28. The number of nitriles is 2. The highest BCUT2D eigenvalue weighted by Crippen LogP contribution is 2.48. The number of fused-ring (bicyclic) bond motifs is 10. The summed E-state index contributed by atoms with van der Waals surface area (Å²) < 4.78 is 60.2. The fourth-order valence-electron chi connectivity index (χ4n) is 18.0. The molecule has 0 unspecified atom stereocenters. The SMILES string of the molecule is C=C1C=Cc2ccc(OC(=O)c3ccc4c5c3cccc5c3n4B(F)[n+]4cc(-c5ccc(N(c6ccc(-c7ccc([N+](=O)[O-])cc7)cc6)c6ccc(/C(C#N)=C(\C#N)c7ccc(N(c8ccc(-c9ccc([N+](=O)[O-])cc9)cc8)c8ccc(-c9ccc%10[n+](c9)[B]n9c(c%11cccc%12c(C(=O)Oc%13ccc%14ccc(=O)oc%14c%13)ccc9c%12%11)=N%10)cc8)c(OC)c7)cc6OC)cc5)ccc4N=3)cc2O1. The molecule has 641 valence electrons. The first kappa shape index (κ1) is 81.8. The molecule has 0 spiro atoms. The van der Waals surface area contributed by atoms with E-state index < -0.39 is 34.7 Å². The maximum atomic E-state index is 17.7. The average Bonchev–Trinajstić information content (AvgIpc) is 1.56. The number of carbonyl (C=O) groups excluding carboxylic acids is 2. The number of halogens is 1. The van der Waals surface area contributed by atoms with Crippen LogP contribution in [0.3, 0.4) is 0 Å². The maximum Gasteiger partial charge on any atom is 0.727 e. The van der Waals surface area contributed by atoms with Crippen molar-refractivity contribution in [3.8, 4) is 85.4 Å². The van der Waals surface area contributed by atoms with Gasteiger partial charge in [0.2, 0.25) is 11.0 Å². The summed E-state index contributed by atoms with van der Waals surface area (Å²) in [5.41, 5.74) is 14.3. The van der Waals surface area contributed by atoms with Gasteiger partial charge in [-0.3, -0.25) is 33.5 Å². The number of rotatable bonds is 20. The van der Waals surface area contributed by atoms with E-state index in [-0.39, 0.29) is 39.6 Å². The van der Waals surface area contributed by atoms with Gasteiger partial charge in [-0.2, -0.15) is 10.5 Å². The number of nitrogens with zero attached hydrogens (tertiary/aromatic N) is 12. The Balaban J connectivity index is 0.566. The van der Waals surface area contributed by atoms with Gasteiger partial charge in [-0.05, 0) is 253 Å². The van der Waals surface area contributed by atoms with E-state index in [9.17, 15) is 45.1 Å². The predicted molar refractivity (Wildman–Crippen MR) is 512 cm³/mol. The van der Waals surface area contributed by atoms with Crippen LogP contribution in [-0.4, -0.2) is 59.8 Å². The van der Waals surface area contributed by atoms with Crippen LogP contribution in [0.4, 0.5) is 61.5 Å². The fourth-order valence-corrected chi connectivity index (χ4v) is 18.0. The number of pyridine rings is 2. The molecular formula is C107H64B2FN12O13+2. The molecule has 14 aromatic carbocycles. The molecule has 3 aliphatic rings. The van der Waals surface area contributed by atoms with Crippen molar-refractivity contribution in [2.24, 2.45) is 9.98 Å². The average molecular weight is 1770 g/mol. The number of nitro benzene ring substituents is 2. The molecular weight excluding hydrogens is 1700 g/mol. The van der Waals surface area contributed by atoms with Gasteiger partial charge in [0.15, 0.2) is 0 Å². The lowest BCUT2D eigenvalue weighted by Crippen LogP contribution is -2.58. The highest BCUT2D eigenvalue weighted by atomic mass is 19.1. The predicted octanol–water partition coefficient (Wildman–Crippen LogP) is 21.6. The summed E-state index contributed by atoms with van der Waals surface area (Å²) in [4.78, 5) is 76.7. The molecule has 19 aromatic rings. The van der Waals surface area contributed by atoms with Crippen LogP contribution in [0.15, 0.2) is 365 Å². The lowest BCUT2D eigenvalue weighted by atomic mass is 9.95. The van der Waals surface area contributed by atoms with Crippen molar-refractivity contribution >= 4 is 155 Å². The molecule has 8 heterocycles. The number of non-ortho nitro benzene ring substituents is 2. The zero-order valence-electron chi connectivity index (χ0n) is 71.2. The Kier molecular flexibility index (Phi) is 20.0. The van der Waals surface area contributed by atoms with Crippen molar-refractivity contribution in [3.05, 3.63) is 416 Å². The molecule has 3 aliphatic heterocycles. The van der Waals surface area contributed by atoms with E-state index in [0.717, 1.165) is 60.8 Å². The topological polar surface area (TPSA) is 293 Å². The second-order valence-corrected chi connectivity index (χ2v) is 32.2. The number of ether oxygens (including phenoxy) is 5. The molecule has 25 nitrogen and oxygen atoms in total. The fraction of sp³-hybridized carbons (Fsp3) is 0.0187. The summed E-state index contributed by atoms with van der Waals surface area (Å²) in [7, 11) is 3.23. The van der Waals surface area contributed by atoms with E-state index in [4.69, 9.17) is 38.1 Å². The summed E-state index contributed by atoms with van der Waals surface area (Å²) in [6.45, 7) is 3.88. The van der Waals surface area contributed by atoms with Crippen molar-refractivity contribution in [3.63, 3.8) is 0 Å². The zero-order chi connectivity index (χ0) is 92.1. The van der Waals surface area contributed by atoms with Crippen molar-refractivity contribution in [1.82, 2.24) is 8.96 Å². The number of hydrogen-bond acceptors (Lipinski definition) is 19. The first-order valence-electron chi connectivity index (χ1n) is 42.5. The Hall–Kier alpha value is -19.0. The van der Waals surface area contributed by atoms with Gasteiger partial charge in [-0.15, -0.1) is 0 Å². The second kappa shape index (κ2) is 33.0. The Morgan fingerprint density at radius 3 is 1.47 bits per heavy atom. The third-order valence-corrected chi connectivity index (χ3v) is 24.5. The summed E-state index contributed by atoms with van der Waals surface area (Å²) in [6, 6.07) is 97.5. The van der Waals surface area contributed by atoms with Gasteiger partial charge in [-0.1, -0.05) is 91.5 Å². The lowest BCUT2D eigenvalue weighted by molar-refractivity contribution is -0.535. The number of nitro groups is 2. The van der Waals surface area contributed by atoms with Gasteiger partial charge < -0.3 is 42.4 Å². The molecule has 22 rings (SSSR count). The van der Waals surface area contributed by atoms with E-state index in [1.807, 2.05) is 202 Å². The number of esters is 2. The molecule has 135 heavy (non-hydrogen) atoms. The van der Waals surface area contributed by atoms with Crippen LogP contribution in [-0.2, 0) is 0 Å². The van der Waals surface area contributed by atoms with Crippen LogP contribution in [0, 0.1) is 42.9 Å². The normalized spacial score (nSPS) is 12.3. The molecule has 0 N–H and O–H groups in total. The van der Waals surface area contributed by atoms with Crippen LogP contribution in [0.1, 0.15) is 37.4 Å². The highest BCUT2D eigenvalue weighted by molar-refractivity contribution is 6.42. The molecule has 5 aromatic heterocycles. The molecule has 0 bridgehead atoms. The van der Waals surface area contributed by atoms with Gasteiger partial charge in [0.05, 0.1) is 80.9 Å². The molecule has 1 radical (unpaired) electrons. The number of aromatic nitrogens is 4. The smallest absolute Gasteiger partial charge is 0.495 e. The number of benzene rings is 14. The van der Waals surface area contributed by atoms with E-state index in [0.29, 0.717) is 140 Å². The third-order valence-electron chi connectivity index (χ3n) is 24.5. The molecule has 28 heteroatoms.